The molecule has 4 nitrogen and oxygen atoms in total. The lowest BCUT2D eigenvalue weighted by Crippen LogP contribution is -2.33. The first kappa shape index (κ1) is 15.3. The quantitative estimate of drug-likeness (QED) is 0.864. The predicted octanol–water partition coefficient (Wildman–Crippen LogP) is 3.40. The van der Waals surface area contributed by atoms with Gasteiger partial charge in [-0.1, -0.05) is 18.2 Å². The molecule has 1 aliphatic rings. The van der Waals surface area contributed by atoms with Gasteiger partial charge in [-0.2, -0.15) is 11.8 Å². The van der Waals surface area contributed by atoms with E-state index in [2.05, 4.69) is 45.4 Å². The zero-order valence-electron chi connectivity index (χ0n) is 13.0. The molecule has 22 heavy (non-hydrogen) atoms. The number of hydrogen-bond donors (Lipinski definition) is 0. The molecular weight excluding hydrogens is 294 g/mol. The van der Waals surface area contributed by atoms with Gasteiger partial charge in [-0.15, -0.1) is 10.2 Å². The third-order valence-electron chi connectivity index (χ3n) is 3.99. The van der Waals surface area contributed by atoms with Crippen LogP contribution in [0.15, 0.2) is 36.4 Å². The first-order valence-electron chi connectivity index (χ1n) is 7.57. The standard InChI is InChI=1S/C17H21N3OS/c1-13(21-2)14-4-3-5-15(12-14)16-6-7-17(19-18-16)20-8-10-22-11-9-20/h3-7,12-13H,8-11H2,1-2H3/t13-/m1/s1. The summed E-state index contributed by atoms with van der Waals surface area (Å²) in [4.78, 5) is 2.30. The van der Waals surface area contributed by atoms with Gasteiger partial charge in [0.1, 0.15) is 0 Å². The lowest BCUT2D eigenvalue weighted by Gasteiger charge is -2.26. The Bertz CT molecular complexity index is 612. The summed E-state index contributed by atoms with van der Waals surface area (Å²) in [6.07, 6.45) is 0.0815. The van der Waals surface area contributed by atoms with E-state index in [1.54, 1.807) is 7.11 Å². The molecule has 0 radical (unpaired) electrons. The summed E-state index contributed by atoms with van der Waals surface area (Å²) in [7, 11) is 1.73. The maximum Gasteiger partial charge on any atom is 0.151 e. The van der Waals surface area contributed by atoms with Crippen LogP contribution in [0.2, 0.25) is 0 Å². The van der Waals surface area contributed by atoms with Crippen molar-refractivity contribution in [3.8, 4) is 11.3 Å². The van der Waals surface area contributed by atoms with Crippen molar-refractivity contribution in [2.75, 3.05) is 36.6 Å². The highest BCUT2D eigenvalue weighted by atomic mass is 32.2. The topological polar surface area (TPSA) is 38.2 Å². The molecule has 0 spiro atoms. The summed E-state index contributed by atoms with van der Waals surface area (Å²) >= 11 is 2.00. The van der Waals surface area contributed by atoms with Crippen molar-refractivity contribution in [3.05, 3.63) is 42.0 Å². The molecule has 0 saturated carbocycles. The Balaban J connectivity index is 1.80. The highest BCUT2D eigenvalue weighted by Crippen LogP contribution is 2.24. The van der Waals surface area contributed by atoms with Gasteiger partial charge in [0.15, 0.2) is 5.82 Å². The minimum Gasteiger partial charge on any atom is -0.377 e. The maximum absolute atomic E-state index is 5.38. The Kier molecular flexibility index (Phi) is 4.95. The van der Waals surface area contributed by atoms with Crippen LogP contribution in [-0.4, -0.2) is 41.9 Å². The maximum atomic E-state index is 5.38. The van der Waals surface area contributed by atoms with E-state index >= 15 is 0 Å². The largest absolute Gasteiger partial charge is 0.377 e. The third-order valence-corrected chi connectivity index (χ3v) is 4.93. The highest BCUT2D eigenvalue weighted by Gasteiger charge is 2.13. The number of ether oxygens (including phenoxy) is 1. The van der Waals surface area contributed by atoms with Gasteiger partial charge in [-0.05, 0) is 30.7 Å². The predicted molar refractivity (Wildman–Crippen MR) is 92.4 cm³/mol. The van der Waals surface area contributed by atoms with E-state index in [4.69, 9.17) is 4.74 Å². The van der Waals surface area contributed by atoms with Crippen LogP contribution < -0.4 is 4.90 Å². The molecule has 1 saturated heterocycles. The molecule has 1 fully saturated rings. The summed E-state index contributed by atoms with van der Waals surface area (Å²) < 4.78 is 5.38. The van der Waals surface area contributed by atoms with Crippen molar-refractivity contribution >= 4 is 17.6 Å². The Hall–Kier alpha value is -1.59. The second-order valence-electron chi connectivity index (χ2n) is 5.38. The molecule has 1 aromatic carbocycles. The average molecular weight is 315 g/mol. The summed E-state index contributed by atoms with van der Waals surface area (Å²) in [6, 6.07) is 12.4. The lowest BCUT2D eigenvalue weighted by atomic mass is 10.0. The highest BCUT2D eigenvalue weighted by molar-refractivity contribution is 7.99. The monoisotopic (exact) mass is 315 g/mol. The van der Waals surface area contributed by atoms with Crippen molar-refractivity contribution in [1.82, 2.24) is 10.2 Å². The second-order valence-corrected chi connectivity index (χ2v) is 6.60. The number of methoxy groups -OCH3 is 1. The summed E-state index contributed by atoms with van der Waals surface area (Å²) in [5.41, 5.74) is 3.13. The van der Waals surface area contributed by atoms with Gasteiger partial charge in [-0.25, -0.2) is 0 Å². The fourth-order valence-corrected chi connectivity index (χ4v) is 3.43. The number of rotatable bonds is 4. The molecule has 0 aliphatic carbocycles. The summed E-state index contributed by atoms with van der Waals surface area (Å²) in [5.74, 6) is 3.31. The first-order valence-corrected chi connectivity index (χ1v) is 8.73. The van der Waals surface area contributed by atoms with Crippen molar-refractivity contribution in [2.45, 2.75) is 13.0 Å². The fourth-order valence-electron chi connectivity index (χ4n) is 2.53. The molecule has 1 atom stereocenters. The minimum atomic E-state index is 0.0815. The van der Waals surface area contributed by atoms with Crippen LogP contribution in [0.3, 0.4) is 0 Å². The number of nitrogens with zero attached hydrogens (tertiary/aromatic N) is 3. The van der Waals surface area contributed by atoms with E-state index in [1.807, 2.05) is 24.8 Å². The number of aromatic nitrogens is 2. The van der Waals surface area contributed by atoms with E-state index in [0.717, 1.165) is 35.7 Å². The number of benzene rings is 1. The molecule has 5 heteroatoms. The SMILES string of the molecule is CO[C@H](C)c1cccc(-c2ccc(N3CCSCC3)nn2)c1. The Morgan fingerprint density at radius 2 is 1.95 bits per heavy atom. The van der Waals surface area contributed by atoms with Crippen LogP contribution in [0.5, 0.6) is 0 Å². The normalized spacial score (nSPS) is 16.5. The van der Waals surface area contributed by atoms with Crippen LogP contribution in [0.25, 0.3) is 11.3 Å². The molecule has 0 amide bonds. The fraction of sp³-hybridized carbons (Fsp3) is 0.412. The molecular formula is C17H21N3OS. The lowest BCUT2D eigenvalue weighted by molar-refractivity contribution is 0.119. The van der Waals surface area contributed by atoms with Gasteiger partial charge in [-0.3, -0.25) is 0 Å². The molecule has 1 aromatic heterocycles. The molecule has 0 bridgehead atoms. The molecule has 3 rings (SSSR count). The smallest absolute Gasteiger partial charge is 0.151 e. The molecule has 116 valence electrons. The van der Waals surface area contributed by atoms with E-state index in [1.165, 1.54) is 11.5 Å². The Morgan fingerprint density at radius 1 is 1.14 bits per heavy atom. The average Bonchev–Trinajstić information content (AvgIpc) is 2.62. The van der Waals surface area contributed by atoms with E-state index < -0.39 is 0 Å². The van der Waals surface area contributed by atoms with Crippen molar-refractivity contribution in [1.29, 1.82) is 0 Å². The third kappa shape index (κ3) is 3.42. The summed E-state index contributed by atoms with van der Waals surface area (Å²) in [5, 5.41) is 8.82. The van der Waals surface area contributed by atoms with Gasteiger partial charge in [0.2, 0.25) is 0 Å². The zero-order valence-corrected chi connectivity index (χ0v) is 13.8. The number of hydrogen-bond acceptors (Lipinski definition) is 5. The number of thioether (sulfide) groups is 1. The minimum absolute atomic E-state index is 0.0815. The Labute approximate surface area is 135 Å². The van der Waals surface area contributed by atoms with Gasteiger partial charge in [0.05, 0.1) is 11.8 Å². The molecule has 2 aromatic rings. The van der Waals surface area contributed by atoms with Crippen molar-refractivity contribution < 1.29 is 4.74 Å². The second kappa shape index (κ2) is 7.11. The van der Waals surface area contributed by atoms with Gasteiger partial charge < -0.3 is 9.64 Å². The van der Waals surface area contributed by atoms with Gasteiger partial charge in [0.25, 0.3) is 0 Å². The van der Waals surface area contributed by atoms with Crippen LogP contribution in [-0.2, 0) is 4.74 Å². The number of anilines is 1. The van der Waals surface area contributed by atoms with Gasteiger partial charge >= 0.3 is 0 Å². The first-order chi connectivity index (χ1) is 10.8. The van der Waals surface area contributed by atoms with E-state index in [0.29, 0.717) is 0 Å². The van der Waals surface area contributed by atoms with Crippen molar-refractivity contribution in [2.24, 2.45) is 0 Å². The zero-order chi connectivity index (χ0) is 15.4. The molecule has 0 unspecified atom stereocenters. The van der Waals surface area contributed by atoms with Gasteiger partial charge in [0, 0.05) is 37.3 Å². The van der Waals surface area contributed by atoms with Crippen LogP contribution in [0, 0.1) is 0 Å². The van der Waals surface area contributed by atoms with Crippen LogP contribution in [0.1, 0.15) is 18.6 Å². The van der Waals surface area contributed by atoms with Crippen molar-refractivity contribution in [3.63, 3.8) is 0 Å². The Morgan fingerprint density at radius 3 is 2.64 bits per heavy atom. The van der Waals surface area contributed by atoms with E-state index in [-0.39, 0.29) is 6.10 Å². The summed E-state index contributed by atoms with van der Waals surface area (Å²) in [6.45, 7) is 4.15. The molecule has 2 heterocycles. The molecule has 0 N–H and O–H groups in total. The molecule has 1 aliphatic heterocycles. The van der Waals surface area contributed by atoms with Crippen LogP contribution in [0.4, 0.5) is 5.82 Å². The van der Waals surface area contributed by atoms with Crippen LogP contribution >= 0.6 is 11.8 Å². The van der Waals surface area contributed by atoms with E-state index in [9.17, 15) is 0 Å².